The van der Waals surface area contributed by atoms with Crippen LogP contribution in [0, 0.1) is 13.8 Å². The fourth-order valence-corrected chi connectivity index (χ4v) is 4.03. The summed E-state index contributed by atoms with van der Waals surface area (Å²) < 4.78 is 5.84. The lowest BCUT2D eigenvalue weighted by Gasteiger charge is -2.35. The number of aromatic nitrogens is 3. The van der Waals surface area contributed by atoms with Crippen molar-refractivity contribution in [1.29, 1.82) is 0 Å². The normalized spacial score (nSPS) is 19.4. The average Bonchev–Trinajstić information content (AvgIpc) is 2.75. The average molecular weight is 418 g/mol. The van der Waals surface area contributed by atoms with E-state index in [-0.39, 0.29) is 0 Å². The third-order valence-corrected chi connectivity index (χ3v) is 5.67. The molecule has 1 aromatic carbocycles. The highest BCUT2D eigenvalue weighted by Gasteiger charge is 2.22. The van der Waals surface area contributed by atoms with Gasteiger partial charge in [-0.15, -0.1) is 0 Å². The Balaban J connectivity index is 1.41. The van der Waals surface area contributed by atoms with Crippen LogP contribution in [0.15, 0.2) is 48.7 Å². The minimum absolute atomic E-state index is 0.294. The first-order valence-electron chi connectivity index (χ1n) is 10.9. The van der Waals surface area contributed by atoms with Crippen LogP contribution in [0.25, 0.3) is 11.5 Å². The minimum Gasteiger partial charge on any atom is -0.373 e. The molecule has 6 nitrogen and oxygen atoms in total. The topological polar surface area (TPSA) is 63.2 Å². The zero-order valence-electron chi connectivity index (χ0n) is 18.8. The maximum atomic E-state index is 5.84. The van der Waals surface area contributed by atoms with Gasteiger partial charge in [-0.05, 0) is 51.0 Å². The molecule has 2 aromatic heterocycles. The molecule has 3 heterocycles. The molecule has 3 aromatic rings. The molecule has 4 rings (SSSR count). The highest BCUT2D eigenvalue weighted by Crippen LogP contribution is 2.21. The number of hydrogen-bond donors (Lipinski definition) is 1. The van der Waals surface area contributed by atoms with Crippen molar-refractivity contribution in [2.24, 2.45) is 0 Å². The third-order valence-electron chi connectivity index (χ3n) is 5.67. The van der Waals surface area contributed by atoms with Crippen molar-refractivity contribution in [3.63, 3.8) is 0 Å². The molecule has 0 bridgehead atoms. The number of ether oxygens (including phenoxy) is 1. The summed E-state index contributed by atoms with van der Waals surface area (Å²) in [6.45, 7) is 12.0. The first-order valence-corrected chi connectivity index (χ1v) is 10.9. The van der Waals surface area contributed by atoms with Gasteiger partial charge in [0.2, 0.25) is 0 Å². The van der Waals surface area contributed by atoms with Crippen LogP contribution in [0.3, 0.4) is 0 Å². The number of pyridine rings is 1. The van der Waals surface area contributed by atoms with Crippen molar-refractivity contribution in [2.75, 3.05) is 18.4 Å². The van der Waals surface area contributed by atoms with E-state index in [4.69, 9.17) is 9.72 Å². The van der Waals surface area contributed by atoms with E-state index >= 15 is 0 Å². The molecule has 0 aliphatic carbocycles. The van der Waals surface area contributed by atoms with Crippen LogP contribution in [-0.4, -0.2) is 45.1 Å². The molecule has 2 unspecified atom stereocenters. The molecule has 1 saturated heterocycles. The lowest BCUT2D eigenvalue weighted by atomic mass is 10.1. The predicted octanol–water partition coefficient (Wildman–Crippen LogP) is 4.38. The standard InChI is InChI=1S/C25H31N5O/c1-17-14-30(15-18(2)31-17)16-22-10-8-21(9-11-22)13-27-24-19(3)20(4)28-25(29-24)23-7-5-6-12-26-23/h5-12,17-18H,13-16H2,1-4H3,(H,27,28,29). The van der Waals surface area contributed by atoms with Crippen LogP contribution in [0.4, 0.5) is 5.82 Å². The number of nitrogens with zero attached hydrogens (tertiary/aromatic N) is 4. The molecule has 6 heteroatoms. The lowest BCUT2D eigenvalue weighted by molar-refractivity contribution is -0.0704. The van der Waals surface area contributed by atoms with Crippen molar-refractivity contribution in [2.45, 2.75) is 53.0 Å². The number of rotatable bonds is 6. The molecular formula is C25H31N5O. The number of anilines is 1. The second kappa shape index (κ2) is 9.54. The Bertz CT molecular complexity index is 996. The van der Waals surface area contributed by atoms with Gasteiger partial charge in [0.05, 0.1) is 12.2 Å². The Kier molecular flexibility index (Phi) is 6.59. The van der Waals surface area contributed by atoms with E-state index in [0.717, 1.165) is 42.4 Å². The van der Waals surface area contributed by atoms with Crippen molar-refractivity contribution in [3.05, 3.63) is 71.0 Å². The van der Waals surface area contributed by atoms with Crippen molar-refractivity contribution in [1.82, 2.24) is 19.9 Å². The summed E-state index contributed by atoms with van der Waals surface area (Å²) in [6.07, 6.45) is 2.35. The van der Waals surface area contributed by atoms with Gasteiger partial charge in [0, 0.05) is 43.6 Å². The highest BCUT2D eigenvalue weighted by atomic mass is 16.5. The smallest absolute Gasteiger partial charge is 0.180 e. The number of morpholine rings is 1. The summed E-state index contributed by atoms with van der Waals surface area (Å²) >= 11 is 0. The number of benzene rings is 1. The van der Waals surface area contributed by atoms with E-state index in [1.165, 1.54) is 11.1 Å². The summed E-state index contributed by atoms with van der Waals surface area (Å²) in [4.78, 5) is 16.2. The maximum Gasteiger partial charge on any atom is 0.180 e. The Hall–Kier alpha value is -2.83. The van der Waals surface area contributed by atoms with Crippen LogP contribution < -0.4 is 5.32 Å². The van der Waals surface area contributed by atoms with Crippen molar-refractivity contribution < 1.29 is 4.74 Å². The largest absolute Gasteiger partial charge is 0.373 e. The van der Waals surface area contributed by atoms with Crippen LogP contribution in [0.5, 0.6) is 0 Å². The van der Waals surface area contributed by atoms with Crippen LogP contribution in [0.1, 0.15) is 36.2 Å². The van der Waals surface area contributed by atoms with Gasteiger partial charge in [-0.2, -0.15) is 0 Å². The van der Waals surface area contributed by atoms with E-state index in [9.17, 15) is 0 Å². The fourth-order valence-electron chi connectivity index (χ4n) is 4.03. The summed E-state index contributed by atoms with van der Waals surface area (Å²) in [7, 11) is 0. The quantitative estimate of drug-likeness (QED) is 0.642. The van der Waals surface area contributed by atoms with Crippen molar-refractivity contribution in [3.8, 4) is 11.5 Å². The Morgan fingerprint density at radius 1 is 0.968 bits per heavy atom. The van der Waals surface area contributed by atoms with Crippen LogP contribution in [-0.2, 0) is 17.8 Å². The number of hydrogen-bond acceptors (Lipinski definition) is 6. The zero-order valence-corrected chi connectivity index (χ0v) is 18.8. The number of aryl methyl sites for hydroxylation is 1. The van der Waals surface area contributed by atoms with Gasteiger partial charge in [0.15, 0.2) is 5.82 Å². The summed E-state index contributed by atoms with van der Waals surface area (Å²) in [5.41, 5.74) is 5.36. The molecule has 0 radical (unpaired) electrons. The van der Waals surface area contributed by atoms with E-state index in [1.54, 1.807) is 6.20 Å². The highest BCUT2D eigenvalue weighted by molar-refractivity contribution is 5.56. The molecule has 2 atom stereocenters. The molecule has 0 spiro atoms. The SMILES string of the molecule is Cc1nc(-c2ccccn2)nc(NCc2ccc(CN3CC(C)OC(C)C3)cc2)c1C. The maximum absolute atomic E-state index is 5.84. The Morgan fingerprint density at radius 2 is 1.68 bits per heavy atom. The molecule has 1 aliphatic rings. The van der Waals surface area contributed by atoms with Gasteiger partial charge >= 0.3 is 0 Å². The number of nitrogens with one attached hydrogen (secondary N) is 1. The molecule has 1 N–H and O–H groups in total. The first-order chi connectivity index (χ1) is 15.0. The first kappa shape index (κ1) is 21.4. The predicted molar refractivity (Wildman–Crippen MR) is 124 cm³/mol. The second-order valence-electron chi connectivity index (χ2n) is 8.44. The van der Waals surface area contributed by atoms with E-state index in [2.05, 4.69) is 58.3 Å². The minimum atomic E-state index is 0.294. The Morgan fingerprint density at radius 3 is 2.35 bits per heavy atom. The molecule has 162 valence electrons. The van der Waals surface area contributed by atoms with Crippen LogP contribution >= 0.6 is 0 Å². The van der Waals surface area contributed by atoms with E-state index < -0.39 is 0 Å². The van der Waals surface area contributed by atoms with Gasteiger partial charge in [-0.25, -0.2) is 9.97 Å². The molecule has 1 aliphatic heterocycles. The van der Waals surface area contributed by atoms with Gasteiger partial charge < -0.3 is 10.1 Å². The van der Waals surface area contributed by atoms with Gasteiger partial charge in [0.25, 0.3) is 0 Å². The molecular weight excluding hydrogens is 386 g/mol. The molecule has 0 amide bonds. The fraction of sp³-hybridized carbons (Fsp3) is 0.400. The van der Waals surface area contributed by atoms with E-state index in [0.29, 0.717) is 24.6 Å². The Labute approximate surface area is 184 Å². The molecule has 0 saturated carbocycles. The van der Waals surface area contributed by atoms with Crippen LogP contribution in [0.2, 0.25) is 0 Å². The van der Waals surface area contributed by atoms with Gasteiger partial charge in [-0.1, -0.05) is 30.3 Å². The monoisotopic (exact) mass is 417 g/mol. The lowest BCUT2D eigenvalue weighted by Crippen LogP contribution is -2.44. The molecule has 31 heavy (non-hydrogen) atoms. The summed E-state index contributed by atoms with van der Waals surface area (Å²) in [5.74, 6) is 1.50. The second-order valence-corrected chi connectivity index (χ2v) is 8.44. The van der Waals surface area contributed by atoms with Gasteiger partial charge in [-0.3, -0.25) is 9.88 Å². The zero-order chi connectivity index (χ0) is 21.8. The summed E-state index contributed by atoms with van der Waals surface area (Å²) in [6, 6.07) is 14.6. The van der Waals surface area contributed by atoms with Gasteiger partial charge in [0.1, 0.15) is 11.5 Å². The summed E-state index contributed by atoms with van der Waals surface area (Å²) in [5, 5.41) is 3.49. The van der Waals surface area contributed by atoms with E-state index in [1.807, 2.05) is 32.0 Å². The van der Waals surface area contributed by atoms with Crippen molar-refractivity contribution >= 4 is 5.82 Å². The molecule has 1 fully saturated rings. The third kappa shape index (κ3) is 5.46.